The summed E-state index contributed by atoms with van der Waals surface area (Å²) < 4.78 is 6.08. The van der Waals surface area contributed by atoms with Crippen molar-refractivity contribution < 1.29 is 4.52 Å². The van der Waals surface area contributed by atoms with Gasteiger partial charge in [-0.05, 0) is 40.5 Å². The zero-order chi connectivity index (χ0) is 13.0. The first-order valence-corrected chi connectivity index (χ1v) is 6.59. The van der Waals surface area contributed by atoms with Gasteiger partial charge in [-0.25, -0.2) is 0 Å². The Hall–Kier alpha value is -1.27. The number of aromatic nitrogens is 3. The second kappa shape index (κ2) is 6.06. The third-order valence-corrected chi connectivity index (χ3v) is 2.72. The summed E-state index contributed by atoms with van der Waals surface area (Å²) in [6, 6.07) is 3.75. The number of nitrogens with zero attached hydrogens (tertiary/aromatic N) is 3. The molecule has 0 amide bonds. The maximum Gasteiger partial charge on any atom is 0.240 e. The van der Waals surface area contributed by atoms with Crippen LogP contribution in [0.15, 0.2) is 27.3 Å². The van der Waals surface area contributed by atoms with Crippen molar-refractivity contribution in [2.75, 3.05) is 6.54 Å². The molecule has 0 atom stereocenters. The molecule has 1 N–H and O–H groups in total. The number of hydrogen-bond donors (Lipinski definition) is 1. The van der Waals surface area contributed by atoms with E-state index in [4.69, 9.17) is 4.52 Å². The van der Waals surface area contributed by atoms with Crippen LogP contribution in [0, 0.1) is 5.92 Å². The average molecular weight is 311 g/mol. The first-order valence-electron chi connectivity index (χ1n) is 5.80. The highest BCUT2D eigenvalue weighted by atomic mass is 79.9. The monoisotopic (exact) mass is 310 g/mol. The average Bonchev–Trinajstić information content (AvgIpc) is 2.78. The van der Waals surface area contributed by atoms with Gasteiger partial charge in [0, 0.05) is 10.7 Å². The highest BCUT2D eigenvalue weighted by molar-refractivity contribution is 9.10. The summed E-state index contributed by atoms with van der Waals surface area (Å²) in [6.45, 7) is 5.81. The minimum absolute atomic E-state index is 0.517. The Morgan fingerprint density at radius 3 is 2.89 bits per heavy atom. The lowest BCUT2D eigenvalue weighted by Gasteiger charge is -2.03. The van der Waals surface area contributed by atoms with E-state index in [1.165, 1.54) is 0 Å². The second-order valence-corrected chi connectivity index (χ2v) is 5.31. The third kappa shape index (κ3) is 3.61. The van der Waals surface area contributed by atoms with Crippen molar-refractivity contribution in [3.05, 3.63) is 28.7 Å². The minimum atomic E-state index is 0.517. The third-order valence-electron chi connectivity index (χ3n) is 2.25. The molecule has 0 saturated heterocycles. The van der Waals surface area contributed by atoms with E-state index in [0.29, 0.717) is 29.9 Å². The van der Waals surface area contributed by atoms with E-state index in [1.54, 1.807) is 6.20 Å². The lowest BCUT2D eigenvalue weighted by molar-refractivity contribution is 0.364. The normalized spacial score (nSPS) is 11.1. The van der Waals surface area contributed by atoms with Gasteiger partial charge in [-0.2, -0.15) is 4.98 Å². The summed E-state index contributed by atoms with van der Waals surface area (Å²) in [4.78, 5) is 8.51. The molecule has 0 fully saturated rings. The molecule has 2 heterocycles. The smallest absolute Gasteiger partial charge is 0.240 e. The Labute approximate surface area is 114 Å². The van der Waals surface area contributed by atoms with Crippen molar-refractivity contribution in [3.8, 4) is 11.5 Å². The zero-order valence-electron chi connectivity index (χ0n) is 10.4. The van der Waals surface area contributed by atoms with Gasteiger partial charge in [0.15, 0.2) is 0 Å². The molecule has 2 rings (SSSR count). The lowest BCUT2D eigenvalue weighted by atomic mass is 10.2. The molecule has 2 aromatic rings. The quantitative estimate of drug-likeness (QED) is 0.919. The van der Waals surface area contributed by atoms with Gasteiger partial charge in [-0.3, -0.25) is 4.98 Å². The van der Waals surface area contributed by atoms with E-state index >= 15 is 0 Å². The molecule has 0 aliphatic heterocycles. The van der Waals surface area contributed by atoms with Gasteiger partial charge in [0.1, 0.15) is 5.69 Å². The van der Waals surface area contributed by atoms with Crippen LogP contribution in [0.1, 0.15) is 19.7 Å². The topological polar surface area (TPSA) is 63.8 Å². The van der Waals surface area contributed by atoms with Crippen LogP contribution in [0.3, 0.4) is 0 Å². The first kappa shape index (κ1) is 13.2. The summed E-state index contributed by atoms with van der Waals surface area (Å²) in [6.07, 6.45) is 1.71. The molecule has 0 aliphatic rings. The minimum Gasteiger partial charge on any atom is -0.337 e. The van der Waals surface area contributed by atoms with Gasteiger partial charge in [-0.15, -0.1) is 0 Å². The Balaban J connectivity index is 1.99. The largest absolute Gasteiger partial charge is 0.337 e. The summed E-state index contributed by atoms with van der Waals surface area (Å²) in [5.74, 6) is 1.69. The van der Waals surface area contributed by atoms with E-state index in [1.807, 2.05) is 12.1 Å². The number of nitrogens with one attached hydrogen (secondary N) is 1. The molecule has 0 radical (unpaired) electrons. The van der Waals surface area contributed by atoms with Crippen molar-refractivity contribution >= 4 is 15.9 Å². The SMILES string of the molecule is CC(C)CNCc1nc(-c2ccc(Br)cn2)no1. The van der Waals surface area contributed by atoms with Gasteiger partial charge in [0.25, 0.3) is 0 Å². The van der Waals surface area contributed by atoms with Crippen molar-refractivity contribution in [2.45, 2.75) is 20.4 Å². The van der Waals surface area contributed by atoms with Crippen LogP contribution < -0.4 is 5.32 Å². The van der Waals surface area contributed by atoms with Gasteiger partial charge in [-0.1, -0.05) is 19.0 Å². The summed E-state index contributed by atoms with van der Waals surface area (Å²) >= 11 is 3.33. The first-order chi connectivity index (χ1) is 8.65. The Bertz CT molecular complexity index is 495. The van der Waals surface area contributed by atoms with Crippen LogP contribution in [-0.2, 0) is 6.54 Å². The molecule has 0 aliphatic carbocycles. The predicted molar refractivity (Wildman–Crippen MR) is 71.8 cm³/mol. The fourth-order valence-corrected chi connectivity index (χ4v) is 1.64. The Kier molecular flexibility index (Phi) is 4.43. The van der Waals surface area contributed by atoms with Crippen molar-refractivity contribution in [3.63, 3.8) is 0 Å². The van der Waals surface area contributed by atoms with Crippen LogP contribution in [0.4, 0.5) is 0 Å². The van der Waals surface area contributed by atoms with Crippen molar-refractivity contribution in [2.24, 2.45) is 5.92 Å². The molecular formula is C12H15BrN4O. The van der Waals surface area contributed by atoms with Crippen LogP contribution in [0.5, 0.6) is 0 Å². The number of hydrogen-bond acceptors (Lipinski definition) is 5. The fourth-order valence-electron chi connectivity index (χ4n) is 1.41. The van der Waals surface area contributed by atoms with E-state index < -0.39 is 0 Å². The van der Waals surface area contributed by atoms with Gasteiger partial charge in [0.2, 0.25) is 11.7 Å². The van der Waals surface area contributed by atoms with Gasteiger partial charge < -0.3 is 9.84 Å². The summed E-state index contributed by atoms with van der Waals surface area (Å²) in [5.41, 5.74) is 0.706. The Morgan fingerprint density at radius 2 is 2.22 bits per heavy atom. The van der Waals surface area contributed by atoms with Gasteiger partial charge >= 0.3 is 0 Å². The van der Waals surface area contributed by atoms with E-state index in [2.05, 4.69) is 50.2 Å². The number of halogens is 1. The van der Waals surface area contributed by atoms with Crippen LogP contribution in [0.25, 0.3) is 11.5 Å². The number of rotatable bonds is 5. The highest BCUT2D eigenvalue weighted by Crippen LogP contribution is 2.15. The fraction of sp³-hybridized carbons (Fsp3) is 0.417. The molecule has 5 nitrogen and oxygen atoms in total. The maximum atomic E-state index is 5.16. The predicted octanol–water partition coefficient (Wildman–Crippen LogP) is 2.64. The molecule has 0 aromatic carbocycles. The number of pyridine rings is 1. The lowest BCUT2D eigenvalue weighted by Crippen LogP contribution is -2.19. The molecule has 0 unspecified atom stereocenters. The van der Waals surface area contributed by atoms with Crippen molar-refractivity contribution in [1.82, 2.24) is 20.4 Å². The molecule has 6 heteroatoms. The highest BCUT2D eigenvalue weighted by Gasteiger charge is 2.09. The van der Waals surface area contributed by atoms with E-state index in [-0.39, 0.29) is 0 Å². The molecule has 96 valence electrons. The van der Waals surface area contributed by atoms with E-state index in [0.717, 1.165) is 11.0 Å². The van der Waals surface area contributed by atoms with Gasteiger partial charge in [0.05, 0.1) is 6.54 Å². The molecule has 0 spiro atoms. The molecule has 2 aromatic heterocycles. The van der Waals surface area contributed by atoms with Crippen LogP contribution >= 0.6 is 15.9 Å². The standard InChI is InChI=1S/C12H15BrN4O/c1-8(2)5-14-7-11-16-12(17-18-11)10-4-3-9(13)6-15-10/h3-4,6,8,14H,5,7H2,1-2H3. The summed E-state index contributed by atoms with van der Waals surface area (Å²) in [7, 11) is 0. The molecular weight excluding hydrogens is 296 g/mol. The van der Waals surface area contributed by atoms with Crippen LogP contribution in [-0.4, -0.2) is 21.7 Å². The second-order valence-electron chi connectivity index (χ2n) is 4.40. The summed E-state index contributed by atoms with van der Waals surface area (Å²) in [5, 5.41) is 7.16. The van der Waals surface area contributed by atoms with E-state index in [9.17, 15) is 0 Å². The zero-order valence-corrected chi connectivity index (χ0v) is 11.9. The van der Waals surface area contributed by atoms with Crippen LogP contribution in [0.2, 0.25) is 0 Å². The molecule has 0 saturated carbocycles. The molecule has 0 bridgehead atoms. The Morgan fingerprint density at radius 1 is 1.39 bits per heavy atom. The molecule has 18 heavy (non-hydrogen) atoms. The maximum absolute atomic E-state index is 5.16. The van der Waals surface area contributed by atoms with Crippen molar-refractivity contribution in [1.29, 1.82) is 0 Å².